The third kappa shape index (κ3) is 1.96. The van der Waals surface area contributed by atoms with Gasteiger partial charge in [-0.15, -0.1) is 11.6 Å². The largest absolute Gasteiger partial charge is 0.489 e. The van der Waals surface area contributed by atoms with Gasteiger partial charge >= 0.3 is 0 Å². The van der Waals surface area contributed by atoms with Gasteiger partial charge in [0, 0.05) is 23.1 Å². The third-order valence-electron chi connectivity index (χ3n) is 3.73. The fourth-order valence-corrected chi connectivity index (χ4v) is 3.54. The highest BCUT2D eigenvalue weighted by Gasteiger charge is 2.32. The summed E-state index contributed by atoms with van der Waals surface area (Å²) >= 11 is 12.9. The first-order chi connectivity index (χ1) is 8.68. The average molecular weight is 287 g/mol. The Hall–Kier alpha value is -0.600. The summed E-state index contributed by atoms with van der Waals surface area (Å²) < 4.78 is 11.6. The first-order valence-corrected chi connectivity index (χ1v) is 7.26. The number of alkyl halides is 1. The van der Waals surface area contributed by atoms with Crippen LogP contribution in [0.25, 0.3) is 0 Å². The summed E-state index contributed by atoms with van der Waals surface area (Å²) in [4.78, 5) is 0. The number of halogens is 2. The van der Waals surface area contributed by atoms with E-state index in [-0.39, 0.29) is 5.38 Å². The van der Waals surface area contributed by atoms with Crippen molar-refractivity contribution >= 4 is 23.2 Å². The lowest BCUT2D eigenvalue weighted by atomic mass is 9.83. The molecule has 1 aromatic carbocycles. The van der Waals surface area contributed by atoms with Gasteiger partial charge in [0.15, 0.2) is 11.5 Å². The fourth-order valence-electron chi connectivity index (χ4n) is 2.81. The van der Waals surface area contributed by atoms with Crippen LogP contribution in [0, 0.1) is 0 Å². The van der Waals surface area contributed by atoms with E-state index in [0.717, 1.165) is 46.9 Å². The molecule has 1 aliphatic carbocycles. The molecule has 2 aliphatic rings. The Labute approximate surface area is 117 Å². The molecule has 4 heteroatoms. The molecule has 0 N–H and O–H groups in total. The summed E-state index contributed by atoms with van der Waals surface area (Å²) in [6.07, 6.45) is 2.93. The Morgan fingerprint density at radius 2 is 1.94 bits per heavy atom. The molecule has 0 saturated carbocycles. The summed E-state index contributed by atoms with van der Waals surface area (Å²) in [5.74, 6) is 1.99. The minimum Gasteiger partial charge on any atom is -0.489 e. The van der Waals surface area contributed by atoms with Crippen molar-refractivity contribution in [3.8, 4) is 11.5 Å². The van der Waals surface area contributed by atoms with Crippen molar-refractivity contribution in [2.75, 3.05) is 13.2 Å². The van der Waals surface area contributed by atoms with Crippen LogP contribution in [0.15, 0.2) is 6.07 Å². The summed E-state index contributed by atoms with van der Waals surface area (Å²) in [5.41, 5.74) is 2.20. The highest BCUT2D eigenvalue weighted by Crippen LogP contribution is 2.52. The molecule has 0 saturated heterocycles. The zero-order valence-electron chi connectivity index (χ0n) is 10.3. The summed E-state index contributed by atoms with van der Waals surface area (Å²) in [6, 6.07) is 1.88. The lowest BCUT2D eigenvalue weighted by molar-refractivity contribution is 0.295. The van der Waals surface area contributed by atoms with Crippen LogP contribution in [0.4, 0.5) is 0 Å². The van der Waals surface area contributed by atoms with E-state index in [1.165, 1.54) is 0 Å². The predicted molar refractivity (Wildman–Crippen MR) is 73.3 cm³/mol. The molecule has 0 spiro atoms. The van der Waals surface area contributed by atoms with Gasteiger partial charge in [-0.3, -0.25) is 0 Å². The second kappa shape index (κ2) is 4.82. The maximum Gasteiger partial charge on any atom is 0.166 e. The van der Waals surface area contributed by atoms with Crippen LogP contribution in [-0.4, -0.2) is 13.2 Å². The Balaban J connectivity index is 2.21. The first kappa shape index (κ1) is 12.4. The van der Waals surface area contributed by atoms with Crippen LogP contribution in [0.3, 0.4) is 0 Å². The van der Waals surface area contributed by atoms with Gasteiger partial charge in [-0.05, 0) is 24.3 Å². The van der Waals surface area contributed by atoms with Crippen LogP contribution in [0.1, 0.15) is 48.6 Å². The van der Waals surface area contributed by atoms with E-state index >= 15 is 0 Å². The average Bonchev–Trinajstić information content (AvgIpc) is 2.58. The topological polar surface area (TPSA) is 18.5 Å². The second-order valence-electron chi connectivity index (χ2n) is 5.01. The van der Waals surface area contributed by atoms with Crippen LogP contribution in [-0.2, 0) is 0 Å². The standard InChI is InChI=1S/C14H16Cl2O2/c1-8-3-4-9(15)13-12(8)10(16)7-11-14(13)18-6-2-5-17-11/h7-9H,2-6H2,1H3. The maximum absolute atomic E-state index is 6.48. The van der Waals surface area contributed by atoms with E-state index in [9.17, 15) is 0 Å². The van der Waals surface area contributed by atoms with Gasteiger partial charge in [-0.1, -0.05) is 18.5 Å². The molecule has 18 heavy (non-hydrogen) atoms. The normalized spacial score (nSPS) is 26.4. The van der Waals surface area contributed by atoms with Crippen molar-refractivity contribution < 1.29 is 9.47 Å². The molecule has 0 amide bonds. The molecule has 0 bridgehead atoms. The Kier molecular flexibility index (Phi) is 3.33. The Morgan fingerprint density at radius 1 is 1.17 bits per heavy atom. The molecule has 0 fully saturated rings. The number of hydrogen-bond acceptors (Lipinski definition) is 2. The van der Waals surface area contributed by atoms with Crippen molar-refractivity contribution in [2.45, 2.75) is 37.5 Å². The molecule has 2 atom stereocenters. The van der Waals surface area contributed by atoms with E-state index in [2.05, 4.69) is 6.92 Å². The number of fused-ring (bicyclic) bond motifs is 3. The van der Waals surface area contributed by atoms with Crippen molar-refractivity contribution in [3.63, 3.8) is 0 Å². The SMILES string of the molecule is CC1CCC(Cl)c2c3c(cc(Cl)c21)OCCCO3. The monoisotopic (exact) mass is 286 g/mol. The molecule has 2 unspecified atom stereocenters. The molecule has 1 aromatic rings. The zero-order valence-corrected chi connectivity index (χ0v) is 11.9. The number of ether oxygens (including phenoxy) is 2. The van der Waals surface area contributed by atoms with Crippen molar-refractivity contribution in [1.82, 2.24) is 0 Å². The summed E-state index contributed by atoms with van der Waals surface area (Å²) in [7, 11) is 0. The fraction of sp³-hybridized carbons (Fsp3) is 0.571. The molecule has 98 valence electrons. The zero-order chi connectivity index (χ0) is 12.7. The van der Waals surface area contributed by atoms with Gasteiger partial charge in [0.25, 0.3) is 0 Å². The lowest BCUT2D eigenvalue weighted by Gasteiger charge is -2.29. The summed E-state index contributed by atoms with van der Waals surface area (Å²) in [5, 5.41) is 0.734. The van der Waals surface area contributed by atoms with Crippen molar-refractivity contribution in [3.05, 3.63) is 22.2 Å². The molecule has 2 nitrogen and oxygen atoms in total. The van der Waals surface area contributed by atoms with E-state index in [1.54, 1.807) is 0 Å². The third-order valence-corrected chi connectivity index (χ3v) is 4.47. The van der Waals surface area contributed by atoms with Gasteiger partial charge in [-0.25, -0.2) is 0 Å². The Morgan fingerprint density at radius 3 is 2.78 bits per heavy atom. The highest BCUT2D eigenvalue weighted by molar-refractivity contribution is 6.32. The molecule has 1 heterocycles. The number of hydrogen-bond donors (Lipinski definition) is 0. The first-order valence-electron chi connectivity index (χ1n) is 6.44. The van der Waals surface area contributed by atoms with E-state index in [0.29, 0.717) is 19.1 Å². The number of rotatable bonds is 0. The molecular formula is C14H16Cl2O2. The molecule has 1 aliphatic heterocycles. The smallest absolute Gasteiger partial charge is 0.166 e. The predicted octanol–water partition coefficient (Wildman–Crippen LogP) is 4.68. The summed E-state index contributed by atoms with van der Waals surface area (Å²) in [6.45, 7) is 3.54. The molecule has 3 rings (SSSR count). The molecule has 0 aromatic heterocycles. The van der Waals surface area contributed by atoms with Crippen LogP contribution in [0.2, 0.25) is 5.02 Å². The Bertz CT molecular complexity index is 473. The van der Waals surface area contributed by atoms with Crippen molar-refractivity contribution in [2.24, 2.45) is 0 Å². The van der Waals surface area contributed by atoms with Gasteiger partial charge < -0.3 is 9.47 Å². The van der Waals surface area contributed by atoms with Crippen LogP contribution >= 0.6 is 23.2 Å². The highest BCUT2D eigenvalue weighted by atomic mass is 35.5. The lowest BCUT2D eigenvalue weighted by Crippen LogP contribution is -2.12. The van der Waals surface area contributed by atoms with E-state index in [4.69, 9.17) is 32.7 Å². The van der Waals surface area contributed by atoms with Crippen LogP contribution in [0.5, 0.6) is 11.5 Å². The van der Waals surface area contributed by atoms with Gasteiger partial charge in [0.05, 0.1) is 18.6 Å². The van der Waals surface area contributed by atoms with E-state index < -0.39 is 0 Å². The maximum atomic E-state index is 6.48. The molecule has 0 radical (unpaired) electrons. The van der Waals surface area contributed by atoms with Crippen LogP contribution < -0.4 is 9.47 Å². The second-order valence-corrected chi connectivity index (χ2v) is 5.94. The quantitative estimate of drug-likeness (QED) is 0.645. The minimum absolute atomic E-state index is 0.0228. The van der Waals surface area contributed by atoms with E-state index in [1.807, 2.05) is 6.07 Å². The van der Waals surface area contributed by atoms with Gasteiger partial charge in [0.2, 0.25) is 0 Å². The van der Waals surface area contributed by atoms with Gasteiger partial charge in [-0.2, -0.15) is 0 Å². The molecular weight excluding hydrogens is 271 g/mol. The van der Waals surface area contributed by atoms with Gasteiger partial charge in [0.1, 0.15) is 0 Å². The minimum atomic E-state index is -0.0228. The number of benzene rings is 1. The van der Waals surface area contributed by atoms with Crippen molar-refractivity contribution in [1.29, 1.82) is 0 Å².